The number of rotatable bonds is 11. The van der Waals surface area contributed by atoms with E-state index in [1.54, 1.807) is 6.92 Å². The molecule has 6 aromatic carbocycles. The highest BCUT2D eigenvalue weighted by Crippen LogP contribution is 2.45. The second-order valence-electron chi connectivity index (χ2n) is 18.0. The molecule has 0 unspecified atom stereocenters. The van der Waals surface area contributed by atoms with Gasteiger partial charge in [-0.05, 0) is 60.5 Å². The molecule has 81 heavy (non-hydrogen) atoms. The van der Waals surface area contributed by atoms with E-state index in [4.69, 9.17) is 22.8 Å². The van der Waals surface area contributed by atoms with Crippen molar-refractivity contribution in [2.45, 2.75) is 42.1 Å². The Balaban J connectivity index is 0.000000176. The summed E-state index contributed by atoms with van der Waals surface area (Å²) in [7, 11) is -23.2. The monoisotopic (exact) mass is 1220 g/mol. The van der Waals surface area contributed by atoms with Gasteiger partial charge < -0.3 is 30.6 Å². The standard InChI is InChI=1S/C17H14O7S.2C16H12O10S2/c1-2-8-3-10-12(5-14(8)18)17(21)13-6-15(19)9(7-25(22,23)24)4-11(13)16(10)20;17-13-3-11-9(1-7(13)5-27(21,22)23)15(19)12-4-14(18)8(6-28(24,25)26)2-10(12)16(11)20;17-13-7-3-1-2-4-8(7)14(18)12-11(13)15(19)9(5-27(21,22)23)10(16(12)20)6-28(24,25)26/h3-6,18-19H,2,7H2,1H3,(H,22,23,24);1-4,17-18H,5-6H2,(H,21,22,23)(H,24,25,26);1-4,19-20H,5-6H2,(H,21,22,23)(H,24,25,26). The van der Waals surface area contributed by atoms with E-state index in [2.05, 4.69) is 0 Å². The van der Waals surface area contributed by atoms with Crippen LogP contribution in [0.2, 0.25) is 0 Å². The maximum Gasteiger partial charge on any atom is 0.269 e. The van der Waals surface area contributed by atoms with Gasteiger partial charge in [-0.25, -0.2) is 0 Å². The molecule has 0 saturated heterocycles. The van der Waals surface area contributed by atoms with E-state index < -0.39 is 165 Å². The van der Waals surface area contributed by atoms with Gasteiger partial charge in [-0.3, -0.25) is 51.5 Å². The Labute approximate surface area is 456 Å². The highest BCUT2D eigenvalue weighted by Gasteiger charge is 2.40. The summed E-state index contributed by atoms with van der Waals surface area (Å²) in [5, 5.41) is 60.7. The van der Waals surface area contributed by atoms with Crippen molar-refractivity contribution in [3.05, 3.63) is 173 Å². The van der Waals surface area contributed by atoms with E-state index in [0.717, 1.165) is 36.4 Å². The predicted octanol–water partition coefficient (Wildman–Crippen LogP) is 3.12. The van der Waals surface area contributed by atoms with Crippen molar-refractivity contribution in [1.29, 1.82) is 0 Å². The summed E-state index contributed by atoms with van der Waals surface area (Å²) >= 11 is 0. The van der Waals surface area contributed by atoms with E-state index in [1.807, 2.05) is 0 Å². The first-order valence-corrected chi connectivity index (χ1v) is 30.4. The molecule has 27 nitrogen and oxygen atoms in total. The summed E-state index contributed by atoms with van der Waals surface area (Å²) in [6.07, 6.45) is 0.455. The van der Waals surface area contributed by atoms with E-state index >= 15 is 0 Å². The quantitative estimate of drug-likeness (QED) is 0.0654. The average molecular weight is 1220 g/mol. The van der Waals surface area contributed by atoms with Crippen molar-refractivity contribution in [3.8, 4) is 34.5 Å². The van der Waals surface area contributed by atoms with Gasteiger partial charge >= 0.3 is 0 Å². The number of benzene rings is 6. The van der Waals surface area contributed by atoms with Gasteiger partial charge in [-0.1, -0.05) is 31.2 Å². The van der Waals surface area contributed by atoms with Crippen LogP contribution in [0.1, 0.15) is 136 Å². The number of fused-ring (bicyclic) bond motifs is 6. The highest BCUT2D eigenvalue weighted by atomic mass is 32.2. The van der Waals surface area contributed by atoms with Gasteiger partial charge in [0, 0.05) is 83.5 Å². The van der Waals surface area contributed by atoms with Crippen LogP contribution in [0.3, 0.4) is 0 Å². The molecule has 0 atom stereocenters. The molecule has 0 saturated carbocycles. The SMILES string of the molecule is CCc1cc2c(cc1O)C(=O)c1cc(O)c(CS(=O)(=O)O)cc1C2=O.O=C1c2cc(O)c(CS(=O)(=O)O)cc2C(=O)c2cc(O)c(CS(=O)(=O)O)cc21.O=C1c2ccccc2C(=O)c2c(O)c(CS(=O)(=O)O)c(CS(=O)(=O)O)c(O)c21. The van der Waals surface area contributed by atoms with E-state index in [9.17, 15) is 101 Å². The molecule has 0 fully saturated rings. The summed E-state index contributed by atoms with van der Waals surface area (Å²) in [5.74, 6) is -14.1. The number of phenolic OH excluding ortho intramolecular Hbond substituents is 6. The van der Waals surface area contributed by atoms with Crippen LogP contribution < -0.4 is 0 Å². The van der Waals surface area contributed by atoms with Crippen LogP contribution in [0.5, 0.6) is 34.5 Å². The summed E-state index contributed by atoms with van der Waals surface area (Å²) < 4.78 is 157. The van der Waals surface area contributed by atoms with Gasteiger partial charge in [0.25, 0.3) is 50.6 Å². The lowest BCUT2D eigenvalue weighted by Crippen LogP contribution is -2.23. The molecule has 32 heteroatoms. The molecule has 0 bridgehead atoms. The molecule has 426 valence electrons. The lowest BCUT2D eigenvalue weighted by atomic mass is 9.81. The van der Waals surface area contributed by atoms with Crippen molar-refractivity contribution < 1.29 is 124 Å². The molecule has 0 aromatic heterocycles. The zero-order chi connectivity index (χ0) is 60.5. The molecule has 3 aliphatic rings. The summed E-state index contributed by atoms with van der Waals surface area (Å²) in [5.41, 5.74) is -4.67. The Morgan fingerprint density at radius 1 is 0.309 bits per heavy atom. The van der Waals surface area contributed by atoms with Crippen molar-refractivity contribution >= 4 is 85.3 Å². The van der Waals surface area contributed by atoms with E-state index in [1.165, 1.54) is 36.4 Å². The Morgan fingerprint density at radius 3 is 0.765 bits per heavy atom. The van der Waals surface area contributed by atoms with Crippen LogP contribution in [0.4, 0.5) is 0 Å². The van der Waals surface area contributed by atoms with Crippen LogP contribution in [0, 0.1) is 0 Å². The van der Waals surface area contributed by atoms with Crippen molar-refractivity contribution in [2.75, 3.05) is 0 Å². The minimum atomic E-state index is -4.86. The fraction of sp³-hybridized carbons (Fsp3) is 0.143. The van der Waals surface area contributed by atoms with Gasteiger partial charge in [0.05, 0.1) is 11.1 Å². The van der Waals surface area contributed by atoms with Gasteiger partial charge in [0.2, 0.25) is 0 Å². The summed E-state index contributed by atoms with van der Waals surface area (Å²) in [4.78, 5) is 76.2. The van der Waals surface area contributed by atoms with Crippen molar-refractivity contribution in [3.63, 3.8) is 0 Å². The topological polar surface area (TPSA) is 496 Å². The van der Waals surface area contributed by atoms with Crippen LogP contribution in [0.15, 0.2) is 72.8 Å². The third-order valence-electron chi connectivity index (χ3n) is 12.4. The first-order valence-electron chi connectivity index (χ1n) is 22.4. The molecule has 0 spiro atoms. The largest absolute Gasteiger partial charge is 0.508 e. The Kier molecular flexibility index (Phi) is 15.9. The number of ketones is 6. The maximum atomic E-state index is 12.7. The Morgan fingerprint density at radius 2 is 0.531 bits per heavy atom. The van der Waals surface area contributed by atoms with Crippen LogP contribution >= 0.6 is 0 Å². The Hall–Kier alpha value is -8.31. The summed E-state index contributed by atoms with van der Waals surface area (Å²) in [6, 6.07) is 13.8. The number of phenols is 6. The zero-order valence-corrected chi connectivity index (χ0v) is 44.7. The zero-order valence-electron chi connectivity index (χ0n) is 40.7. The molecule has 9 rings (SSSR count). The number of aromatic hydroxyl groups is 6. The molecular formula is C49H38O27S5. The molecule has 11 N–H and O–H groups in total. The second-order valence-corrected chi connectivity index (χ2v) is 25.3. The number of aryl methyl sites for hydroxylation is 1. The van der Waals surface area contributed by atoms with Crippen molar-refractivity contribution in [2.24, 2.45) is 0 Å². The van der Waals surface area contributed by atoms with Crippen LogP contribution in [0.25, 0.3) is 0 Å². The van der Waals surface area contributed by atoms with Gasteiger partial charge in [0.15, 0.2) is 34.7 Å². The molecule has 0 amide bonds. The lowest BCUT2D eigenvalue weighted by Gasteiger charge is -2.23. The van der Waals surface area contributed by atoms with Crippen molar-refractivity contribution in [1.82, 2.24) is 0 Å². The number of hydrogen-bond acceptors (Lipinski definition) is 22. The van der Waals surface area contributed by atoms with Gasteiger partial charge in [0.1, 0.15) is 63.3 Å². The first kappa shape index (κ1) is 60.3. The predicted molar refractivity (Wildman–Crippen MR) is 275 cm³/mol. The number of carbonyl (C=O) groups excluding carboxylic acids is 6. The molecular weight excluding hydrogens is 1180 g/mol. The van der Waals surface area contributed by atoms with E-state index in [0.29, 0.717) is 12.0 Å². The fourth-order valence-electron chi connectivity index (χ4n) is 8.93. The van der Waals surface area contributed by atoms with Gasteiger partial charge in [-0.2, -0.15) is 42.1 Å². The molecule has 6 aromatic rings. The molecule has 0 aliphatic heterocycles. The molecule has 3 aliphatic carbocycles. The molecule has 0 heterocycles. The van der Waals surface area contributed by atoms with Gasteiger partial charge in [-0.15, -0.1) is 0 Å². The average Bonchev–Trinajstić information content (AvgIpc) is 3.43. The first-order chi connectivity index (χ1) is 37.2. The highest BCUT2D eigenvalue weighted by molar-refractivity contribution is 7.86. The molecule has 0 radical (unpaired) electrons. The van der Waals surface area contributed by atoms with E-state index in [-0.39, 0.29) is 78.1 Å². The third-order valence-corrected chi connectivity index (χ3v) is 15.7. The third kappa shape index (κ3) is 12.7. The second kappa shape index (κ2) is 21.3. The van der Waals surface area contributed by atoms with Crippen LogP contribution in [-0.2, 0) is 85.8 Å². The minimum absolute atomic E-state index is 0.0223. The Bertz CT molecular complexity index is 4250. The normalized spacial score (nSPS) is 13.8. The maximum absolute atomic E-state index is 12.7. The minimum Gasteiger partial charge on any atom is -0.508 e. The number of hydrogen-bond donors (Lipinski definition) is 11. The fourth-order valence-corrected chi connectivity index (χ4v) is 12.2. The summed E-state index contributed by atoms with van der Waals surface area (Å²) in [6.45, 7) is 1.78. The smallest absolute Gasteiger partial charge is 0.269 e. The lowest BCUT2D eigenvalue weighted by molar-refractivity contribution is 0.0974. The number of carbonyl (C=O) groups is 6. The van der Waals surface area contributed by atoms with Crippen LogP contribution in [-0.4, -0.2) is 130 Å².